The highest BCUT2D eigenvalue weighted by atomic mass is 79.9. The average molecular weight is 384 g/mol. The lowest BCUT2D eigenvalue weighted by Crippen LogP contribution is -2.35. The van der Waals surface area contributed by atoms with Crippen molar-refractivity contribution >= 4 is 26.0 Å². The van der Waals surface area contributed by atoms with Gasteiger partial charge >= 0.3 is 0 Å². The third-order valence-electron chi connectivity index (χ3n) is 3.10. The van der Waals surface area contributed by atoms with Gasteiger partial charge in [-0.15, -0.1) is 0 Å². The molecule has 1 aromatic rings. The Morgan fingerprint density at radius 2 is 1.86 bits per heavy atom. The van der Waals surface area contributed by atoms with E-state index in [0.29, 0.717) is 18.9 Å². The minimum atomic E-state index is -4.03. The van der Waals surface area contributed by atoms with E-state index in [1.54, 1.807) is 0 Å². The zero-order valence-electron chi connectivity index (χ0n) is 12.1. The van der Waals surface area contributed by atoms with E-state index >= 15 is 0 Å². The molecule has 7 heteroatoms. The molecule has 1 atom stereocenters. The van der Waals surface area contributed by atoms with Gasteiger partial charge < -0.3 is 0 Å². The summed E-state index contributed by atoms with van der Waals surface area (Å²) in [6.07, 6.45) is 4.05. The first-order valence-electron chi connectivity index (χ1n) is 6.98. The highest BCUT2D eigenvalue weighted by Gasteiger charge is 2.26. The molecule has 1 rings (SSSR count). The van der Waals surface area contributed by atoms with Gasteiger partial charge in [-0.05, 0) is 34.8 Å². The first kappa shape index (κ1) is 18.5. The fourth-order valence-electron chi connectivity index (χ4n) is 2.13. The molecule has 0 saturated carbocycles. The Morgan fingerprint density at radius 1 is 1.19 bits per heavy atom. The summed E-state index contributed by atoms with van der Waals surface area (Å²) in [6, 6.07) is 1.27. The molecule has 0 aliphatic carbocycles. The number of hydrogen-bond donors (Lipinski definition) is 1. The molecule has 1 unspecified atom stereocenters. The smallest absolute Gasteiger partial charge is 0.208 e. The van der Waals surface area contributed by atoms with Crippen molar-refractivity contribution in [3.8, 4) is 0 Å². The van der Waals surface area contributed by atoms with E-state index in [9.17, 15) is 17.2 Å². The molecule has 0 aliphatic rings. The molecule has 1 aromatic carbocycles. The van der Waals surface area contributed by atoms with Crippen LogP contribution in [0.4, 0.5) is 8.78 Å². The van der Waals surface area contributed by atoms with Crippen molar-refractivity contribution in [1.29, 1.82) is 0 Å². The summed E-state index contributed by atoms with van der Waals surface area (Å²) in [5.41, 5.74) is 0. The van der Waals surface area contributed by atoms with Crippen LogP contribution in [0.15, 0.2) is 21.5 Å². The first-order valence-corrected chi connectivity index (χ1v) is 9.26. The van der Waals surface area contributed by atoms with Crippen LogP contribution in [-0.4, -0.2) is 14.5 Å². The van der Waals surface area contributed by atoms with Gasteiger partial charge in [0.15, 0.2) is 0 Å². The number of benzene rings is 1. The molecule has 0 fully saturated rings. The SMILES string of the molecule is CCCCC(CCC)NS(=O)(=O)c1c(F)cc(F)cc1Br. The molecule has 0 bridgehead atoms. The Hall–Kier alpha value is -0.530. The van der Waals surface area contributed by atoms with Gasteiger partial charge in [-0.2, -0.15) is 0 Å². The number of hydrogen-bond acceptors (Lipinski definition) is 2. The zero-order valence-corrected chi connectivity index (χ0v) is 14.5. The molecule has 120 valence electrons. The fraction of sp³-hybridized carbons (Fsp3) is 0.571. The normalized spacial score (nSPS) is 13.4. The molecule has 0 radical (unpaired) electrons. The molecule has 0 aliphatic heterocycles. The molecular weight excluding hydrogens is 364 g/mol. The summed E-state index contributed by atoms with van der Waals surface area (Å²) < 4.78 is 53.9. The van der Waals surface area contributed by atoms with Crippen LogP contribution in [0, 0.1) is 11.6 Å². The van der Waals surface area contributed by atoms with Gasteiger partial charge in [0.1, 0.15) is 16.5 Å². The maximum absolute atomic E-state index is 13.8. The maximum atomic E-state index is 13.8. The van der Waals surface area contributed by atoms with E-state index in [4.69, 9.17) is 0 Å². The van der Waals surface area contributed by atoms with Crippen LogP contribution in [-0.2, 0) is 10.0 Å². The molecule has 0 saturated heterocycles. The minimum absolute atomic E-state index is 0.113. The second kappa shape index (κ2) is 8.19. The van der Waals surface area contributed by atoms with Crippen LogP contribution in [0.5, 0.6) is 0 Å². The standard InChI is InChI=1S/C14H20BrF2NO2S/c1-3-5-7-11(6-4-2)18-21(19,20)14-12(15)8-10(16)9-13(14)17/h8-9,11,18H,3-7H2,1-2H3. The molecule has 0 amide bonds. The van der Waals surface area contributed by atoms with Gasteiger partial charge in [0.25, 0.3) is 0 Å². The van der Waals surface area contributed by atoms with Crippen molar-refractivity contribution in [2.45, 2.75) is 56.9 Å². The average Bonchev–Trinajstić information content (AvgIpc) is 2.34. The van der Waals surface area contributed by atoms with Crippen molar-refractivity contribution < 1.29 is 17.2 Å². The van der Waals surface area contributed by atoms with Gasteiger partial charge in [-0.25, -0.2) is 21.9 Å². The number of nitrogens with one attached hydrogen (secondary N) is 1. The third kappa shape index (κ3) is 5.30. The van der Waals surface area contributed by atoms with E-state index < -0.39 is 26.6 Å². The van der Waals surface area contributed by atoms with Crippen molar-refractivity contribution in [1.82, 2.24) is 4.72 Å². The van der Waals surface area contributed by atoms with Gasteiger partial charge in [-0.3, -0.25) is 0 Å². The quantitative estimate of drug-likeness (QED) is 0.724. The van der Waals surface area contributed by atoms with Crippen molar-refractivity contribution in [3.63, 3.8) is 0 Å². The highest BCUT2D eigenvalue weighted by molar-refractivity contribution is 9.10. The van der Waals surface area contributed by atoms with Gasteiger partial charge in [0, 0.05) is 16.6 Å². The van der Waals surface area contributed by atoms with Crippen LogP contribution < -0.4 is 4.72 Å². The lowest BCUT2D eigenvalue weighted by atomic mass is 10.1. The van der Waals surface area contributed by atoms with Crippen LogP contribution in [0.25, 0.3) is 0 Å². The topological polar surface area (TPSA) is 46.2 Å². The summed E-state index contributed by atoms with van der Waals surface area (Å²) in [5.74, 6) is -1.92. The molecule has 0 heterocycles. The Morgan fingerprint density at radius 3 is 2.38 bits per heavy atom. The third-order valence-corrected chi connectivity index (χ3v) is 5.58. The molecule has 3 nitrogen and oxygen atoms in total. The lowest BCUT2D eigenvalue weighted by molar-refractivity contribution is 0.478. The fourth-order valence-corrected chi connectivity index (χ4v) is 4.60. The van der Waals surface area contributed by atoms with E-state index in [1.165, 1.54) is 0 Å². The minimum Gasteiger partial charge on any atom is -0.208 e. The van der Waals surface area contributed by atoms with E-state index in [0.717, 1.165) is 25.3 Å². The van der Waals surface area contributed by atoms with E-state index in [1.807, 2.05) is 13.8 Å². The maximum Gasteiger partial charge on any atom is 0.244 e. The molecular formula is C14H20BrF2NO2S. The molecule has 21 heavy (non-hydrogen) atoms. The largest absolute Gasteiger partial charge is 0.244 e. The van der Waals surface area contributed by atoms with Gasteiger partial charge in [0.2, 0.25) is 10.0 Å². The van der Waals surface area contributed by atoms with Crippen molar-refractivity contribution in [2.24, 2.45) is 0 Å². The van der Waals surface area contributed by atoms with Crippen LogP contribution in [0.3, 0.4) is 0 Å². The second-order valence-electron chi connectivity index (χ2n) is 4.95. The first-order chi connectivity index (χ1) is 9.81. The van der Waals surface area contributed by atoms with E-state index in [-0.39, 0.29) is 10.5 Å². The van der Waals surface area contributed by atoms with Crippen LogP contribution in [0.1, 0.15) is 46.0 Å². The summed E-state index contributed by atoms with van der Waals surface area (Å²) >= 11 is 2.92. The Labute approximate surface area is 133 Å². The summed E-state index contributed by atoms with van der Waals surface area (Å²) in [6.45, 7) is 3.98. The molecule has 0 spiro atoms. The monoisotopic (exact) mass is 383 g/mol. The predicted octanol–water partition coefficient (Wildman–Crippen LogP) is 4.36. The van der Waals surface area contributed by atoms with Crippen LogP contribution in [0.2, 0.25) is 0 Å². The number of rotatable bonds is 8. The van der Waals surface area contributed by atoms with Crippen LogP contribution >= 0.6 is 15.9 Å². The lowest BCUT2D eigenvalue weighted by Gasteiger charge is -2.18. The summed E-state index contributed by atoms with van der Waals surface area (Å²) in [7, 11) is -4.03. The molecule has 1 N–H and O–H groups in total. The zero-order chi connectivity index (χ0) is 16.0. The van der Waals surface area contributed by atoms with Gasteiger partial charge in [-0.1, -0.05) is 33.1 Å². The number of halogens is 3. The second-order valence-corrected chi connectivity index (χ2v) is 7.45. The number of sulfonamides is 1. The molecule has 0 aromatic heterocycles. The summed E-state index contributed by atoms with van der Waals surface area (Å²) in [4.78, 5) is -0.540. The predicted molar refractivity (Wildman–Crippen MR) is 82.6 cm³/mol. The Bertz CT molecular complexity index is 555. The Balaban J connectivity index is 3.04. The van der Waals surface area contributed by atoms with E-state index in [2.05, 4.69) is 20.7 Å². The van der Waals surface area contributed by atoms with Crippen molar-refractivity contribution in [3.05, 3.63) is 28.2 Å². The Kier molecular flexibility index (Phi) is 7.23. The van der Waals surface area contributed by atoms with Crippen molar-refractivity contribution in [2.75, 3.05) is 0 Å². The van der Waals surface area contributed by atoms with Gasteiger partial charge in [0.05, 0.1) is 0 Å². The highest BCUT2D eigenvalue weighted by Crippen LogP contribution is 2.26. The number of unbranched alkanes of at least 4 members (excludes halogenated alkanes) is 1. The summed E-state index contributed by atoms with van der Waals surface area (Å²) in [5, 5.41) is 0.